The fourth-order valence-corrected chi connectivity index (χ4v) is 3.74. The molecule has 0 fully saturated rings. The van der Waals surface area contributed by atoms with Crippen molar-refractivity contribution in [1.82, 2.24) is 14.9 Å². The highest BCUT2D eigenvalue weighted by molar-refractivity contribution is 5.76. The second-order valence-corrected chi connectivity index (χ2v) is 8.05. The number of hydrogen-bond acceptors (Lipinski definition) is 6. The molecule has 0 radical (unpaired) electrons. The molecule has 0 bridgehead atoms. The zero-order valence-electron chi connectivity index (χ0n) is 18.9. The van der Waals surface area contributed by atoms with Crippen LogP contribution >= 0.6 is 0 Å². The predicted octanol–water partition coefficient (Wildman–Crippen LogP) is 3.18. The van der Waals surface area contributed by atoms with Crippen LogP contribution in [0.4, 0.5) is 4.39 Å². The lowest BCUT2D eigenvalue weighted by molar-refractivity contribution is -0.123. The summed E-state index contributed by atoms with van der Waals surface area (Å²) in [5.41, 5.74) is 0.618. The first kappa shape index (κ1) is 23.6. The van der Waals surface area contributed by atoms with Crippen LogP contribution in [-0.4, -0.2) is 46.4 Å². The van der Waals surface area contributed by atoms with Crippen molar-refractivity contribution >= 4 is 5.91 Å². The van der Waals surface area contributed by atoms with E-state index >= 15 is 0 Å². The Morgan fingerprint density at radius 1 is 1.21 bits per heavy atom. The molecule has 0 aliphatic carbocycles. The molecule has 180 valence electrons. The Bertz CT molecular complexity index is 1100. The van der Waals surface area contributed by atoms with E-state index in [0.717, 1.165) is 5.82 Å². The number of imidazole rings is 1. The van der Waals surface area contributed by atoms with Crippen LogP contribution in [0.15, 0.2) is 54.9 Å². The fraction of sp³-hybridized carbons (Fsp3) is 0.360. The number of nitrogens with one attached hydrogen (secondary N) is 1. The van der Waals surface area contributed by atoms with Gasteiger partial charge >= 0.3 is 0 Å². The van der Waals surface area contributed by atoms with Crippen LogP contribution in [-0.2, 0) is 11.3 Å². The maximum Gasteiger partial charge on any atom is 0.220 e. The van der Waals surface area contributed by atoms with Gasteiger partial charge in [-0.05, 0) is 55.3 Å². The minimum Gasteiger partial charge on any atom is -0.494 e. The van der Waals surface area contributed by atoms with Crippen LogP contribution in [0.3, 0.4) is 0 Å². The lowest BCUT2D eigenvalue weighted by Crippen LogP contribution is -2.42. The van der Waals surface area contributed by atoms with E-state index in [-0.39, 0.29) is 18.1 Å². The monoisotopic (exact) mass is 469 g/mol. The number of hydrogen-bond donors (Lipinski definition) is 2. The molecule has 2 N–H and O–H groups in total. The number of carbonyl (C=O) groups excluding carboxylic acids is 1. The number of aryl methyl sites for hydroxylation is 1. The summed E-state index contributed by atoms with van der Waals surface area (Å²) < 4.78 is 31.6. The third-order valence-electron chi connectivity index (χ3n) is 5.58. The number of nitrogens with zero attached hydrogens (tertiary/aromatic N) is 2. The number of carbonyl (C=O) groups is 1. The maximum absolute atomic E-state index is 13.0. The summed E-state index contributed by atoms with van der Waals surface area (Å²) >= 11 is 0. The molecule has 1 aliphatic heterocycles. The van der Waals surface area contributed by atoms with Gasteiger partial charge in [-0.15, -0.1) is 0 Å². The number of aliphatic hydroxyl groups excluding tert-OH is 1. The Morgan fingerprint density at radius 2 is 1.97 bits per heavy atom. The van der Waals surface area contributed by atoms with Crippen molar-refractivity contribution in [3.63, 3.8) is 0 Å². The van der Waals surface area contributed by atoms with Crippen molar-refractivity contribution in [2.24, 2.45) is 0 Å². The second-order valence-electron chi connectivity index (χ2n) is 8.05. The summed E-state index contributed by atoms with van der Waals surface area (Å²) in [6, 6.07) is 10.4. The largest absolute Gasteiger partial charge is 0.494 e. The summed E-state index contributed by atoms with van der Waals surface area (Å²) in [5.74, 6) is 1.99. The van der Waals surface area contributed by atoms with Crippen LogP contribution in [0.1, 0.15) is 30.3 Å². The van der Waals surface area contributed by atoms with Crippen LogP contribution in [0.25, 0.3) is 0 Å². The molecule has 3 aromatic rings. The molecule has 2 atom stereocenters. The topological polar surface area (TPSA) is 94.8 Å². The molecule has 0 saturated carbocycles. The van der Waals surface area contributed by atoms with Crippen LogP contribution in [0.2, 0.25) is 0 Å². The number of fused-ring (bicyclic) bond motifs is 1. The molecule has 9 heteroatoms. The first-order chi connectivity index (χ1) is 16.5. The van der Waals surface area contributed by atoms with E-state index in [1.807, 2.05) is 17.7 Å². The van der Waals surface area contributed by atoms with Gasteiger partial charge in [-0.25, -0.2) is 9.37 Å². The van der Waals surface area contributed by atoms with Gasteiger partial charge in [-0.2, -0.15) is 0 Å². The Balaban J connectivity index is 1.38. The third-order valence-corrected chi connectivity index (χ3v) is 5.58. The number of benzene rings is 2. The lowest BCUT2D eigenvalue weighted by atomic mass is 10.0. The molecular weight excluding hydrogens is 441 g/mol. The molecule has 1 amide bonds. The van der Waals surface area contributed by atoms with Gasteiger partial charge in [0.15, 0.2) is 11.5 Å². The van der Waals surface area contributed by atoms with Gasteiger partial charge in [0.05, 0.1) is 12.6 Å². The number of aromatic nitrogens is 2. The van der Waals surface area contributed by atoms with Crippen molar-refractivity contribution in [3.8, 4) is 17.2 Å². The Hall–Kier alpha value is -3.59. The number of amides is 1. The van der Waals surface area contributed by atoms with E-state index in [9.17, 15) is 14.3 Å². The van der Waals surface area contributed by atoms with E-state index < -0.39 is 12.1 Å². The minimum atomic E-state index is -0.975. The number of ether oxygens (including phenoxy) is 3. The molecule has 1 unspecified atom stereocenters. The summed E-state index contributed by atoms with van der Waals surface area (Å²) in [6.07, 6.45) is 3.20. The lowest BCUT2D eigenvalue weighted by Gasteiger charge is -2.27. The van der Waals surface area contributed by atoms with Crippen LogP contribution in [0, 0.1) is 12.7 Å². The summed E-state index contributed by atoms with van der Waals surface area (Å²) in [7, 11) is 0. The van der Waals surface area contributed by atoms with E-state index in [1.54, 1.807) is 36.5 Å². The fourth-order valence-electron chi connectivity index (χ4n) is 3.74. The van der Waals surface area contributed by atoms with Gasteiger partial charge in [0.1, 0.15) is 36.7 Å². The Labute approximate surface area is 197 Å². The Morgan fingerprint density at radius 3 is 2.71 bits per heavy atom. The molecule has 1 aliphatic rings. The van der Waals surface area contributed by atoms with E-state index in [4.69, 9.17) is 14.2 Å². The molecule has 0 spiro atoms. The normalized spacial score (nSPS) is 14.3. The Kier molecular flexibility index (Phi) is 7.64. The molecular formula is C25H28FN3O5. The zero-order chi connectivity index (χ0) is 23.9. The predicted molar refractivity (Wildman–Crippen MR) is 122 cm³/mol. The maximum atomic E-state index is 13.0. The van der Waals surface area contributed by atoms with Gasteiger partial charge in [-0.3, -0.25) is 4.79 Å². The van der Waals surface area contributed by atoms with Crippen LogP contribution < -0.4 is 19.5 Å². The van der Waals surface area contributed by atoms with Gasteiger partial charge in [0.25, 0.3) is 0 Å². The van der Waals surface area contributed by atoms with Crippen molar-refractivity contribution in [1.29, 1.82) is 0 Å². The highest BCUT2D eigenvalue weighted by atomic mass is 19.1. The van der Waals surface area contributed by atoms with Gasteiger partial charge < -0.3 is 29.2 Å². The molecule has 34 heavy (non-hydrogen) atoms. The minimum absolute atomic E-state index is 0.206. The highest BCUT2D eigenvalue weighted by Crippen LogP contribution is 2.33. The van der Waals surface area contributed by atoms with E-state index in [0.29, 0.717) is 55.6 Å². The van der Waals surface area contributed by atoms with Gasteiger partial charge in [-0.1, -0.05) is 6.07 Å². The molecule has 4 rings (SSSR count). The quantitative estimate of drug-likeness (QED) is 0.443. The van der Waals surface area contributed by atoms with Crippen molar-refractivity contribution in [3.05, 3.63) is 72.1 Å². The van der Waals surface area contributed by atoms with Gasteiger partial charge in [0, 0.05) is 25.4 Å². The standard InChI is InChI=1S/C25H28FN3O5/c1-17-27-10-11-29(17)16-21(25(31)18-4-9-22-23(15-18)34-14-13-33-22)28-24(30)3-2-12-32-20-7-5-19(26)6-8-20/h4-11,15,21,25,31H,2-3,12-14,16H2,1H3,(H,28,30)/t21-,25?/m1/s1. The SMILES string of the molecule is Cc1nccn1C[C@@H](NC(=O)CCCOc1ccc(F)cc1)C(O)c1ccc2c(c1)OCCO2. The number of halogens is 1. The second kappa shape index (κ2) is 11.0. The zero-order valence-corrected chi connectivity index (χ0v) is 18.9. The number of aliphatic hydroxyl groups is 1. The van der Waals surface area contributed by atoms with Crippen molar-refractivity contribution < 1.29 is 28.5 Å². The first-order valence-corrected chi connectivity index (χ1v) is 11.2. The van der Waals surface area contributed by atoms with Crippen LogP contribution in [0.5, 0.6) is 17.2 Å². The summed E-state index contributed by atoms with van der Waals surface area (Å²) in [5, 5.41) is 14.1. The molecule has 2 aromatic carbocycles. The smallest absolute Gasteiger partial charge is 0.220 e. The first-order valence-electron chi connectivity index (χ1n) is 11.2. The highest BCUT2D eigenvalue weighted by Gasteiger charge is 2.25. The average molecular weight is 470 g/mol. The third kappa shape index (κ3) is 6.05. The summed E-state index contributed by atoms with van der Waals surface area (Å²) in [4.78, 5) is 16.9. The van der Waals surface area contributed by atoms with Crippen molar-refractivity contribution in [2.75, 3.05) is 19.8 Å². The molecule has 2 heterocycles. The number of rotatable bonds is 10. The average Bonchev–Trinajstić information content (AvgIpc) is 3.26. The summed E-state index contributed by atoms with van der Waals surface area (Å²) in [6.45, 7) is 3.45. The van der Waals surface area contributed by atoms with Crippen molar-refractivity contribution in [2.45, 2.75) is 38.5 Å². The van der Waals surface area contributed by atoms with Gasteiger partial charge in [0.2, 0.25) is 5.91 Å². The molecule has 8 nitrogen and oxygen atoms in total. The van der Waals surface area contributed by atoms with E-state index in [1.165, 1.54) is 12.1 Å². The van der Waals surface area contributed by atoms with E-state index in [2.05, 4.69) is 10.3 Å². The molecule has 1 aromatic heterocycles. The molecule has 0 saturated heterocycles.